The minimum absolute atomic E-state index is 0.115. The minimum Gasteiger partial charge on any atom is -0.500 e. The number of carbonyl (C=O) groups is 1. The smallest absolute Gasteiger partial charge is 0.338 e. The molecule has 0 spiro atoms. The highest BCUT2D eigenvalue weighted by atomic mass is 16.5. The summed E-state index contributed by atoms with van der Waals surface area (Å²) in [4.78, 5) is 10.6. The van der Waals surface area contributed by atoms with Gasteiger partial charge in [-0.05, 0) is 25.8 Å². The van der Waals surface area contributed by atoms with Crippen molar-refractivity contribution < 1.29 is 14.7 Å². The summed E-state index contributed by atoms with van der Waals surface area (Å²) in [7, 11) is 0. The molecule has 2 unspecified atom stereocenters. The monoisotopic (exact) mass is 319 g/mol. The van der Waals surface area contributed by atoms with E-state index in [-0.39, 0.29) is 18.6 Å². The first-order valence-corrected chi connectivity index (χ1v) is 7.60. The number of hydrogen-bond donors (Lipinski definition) is 3. The maximum atomic E-state index is 10.6. The van der Waals surface area contributed by atoms with Crippen LogP contribution in [0.2, 0.25) is 0 Å². The van der Waals surface area contributed by atoms with Gasteiger partial charge in [0.2, 0.25) is 0 Å². The van der Waals surface area contributed by atoms with Gasteiger partial charge in [-0.25, -0.2) is 9.86 Å². The van der Waals surface area contributed by atoms with Gasteiger partial charge in [0.15, 0.2) is 0 Å². The summed E-state index contributed by atoms with van der Waals surface area (Å²) in [6, 6.07) is -0.464. The first kappa shape index (κ1) is 18.8. The number of amides is 2. The van der Waals surface area contributed by atoms with Crippen molar-refractivity contribution in [3.63, 3.8) is 0 Å². The maximum Gasteiger partial charge on any atom is 0.338 e. The van der Waals surface area contributed by atoms with Crippen molar-refractivity contribution in [3.8, 4) is 11.8 Å². The van der Waals surface area contributed by atoms with Gasteiger partial charge in [-0.3, -0.25) is 10.5 Å². The van der Waals surface area contributed by atoms with E-state index in [4.69, 9.17) is 15.7 Å². The van der Waals surface area contributed by atoms with Crippen LogP contribution < -0.4 is 11.1 Å². The van der Waals surface area contributed by atoms with Gasteiger partial charge in [-0.1, -0.05) is 36.1 Å². The number of nitrogens with two attached hydrogens (primary N) is 1. The highest BCUT2D eigenvalue weighted by molar-refractivity contribution is 5.70. The second-order valence-corrected chi connectivity index (χ2v) is 5.30. The molecule has 126 valence electrons. The molecule has 0 aromatic rings. The summed E-state index contributed by atoms with van der Waals surface area (Å²) in [5, 5.41) is 12.9. The number of urea groups is 1. The summed E-state index contributed by atoms with van der Waals surface area (Å²) in [6.07, 6.45) is 9.58. The first-order valence-electron chi connectivity index (χ1n) is 7.60. The second kappa shape index (κ2) is 10.5. The van der Waals surface area contributed by atoms with Crippen LogP contribution in [0, 0.1) is 11.8 Å². The van der Waals surface area contributed by atoms with E-state index in [0.717, 1.165) is 18.4 Å². The molecule has 0 radical (unpaired) electrons. The van der Waals surface area contributed by atoms with Crippen LogP contribution in [0.1, 0.15) is 26.2 Å². The van der Waals surface area contributed by atoms with Gasteiger partial charge in [0.25, 0.3) is 0 Å². The standard InChI is InChI=1S/C17H25N3O3/c1-3-14(2)7-6-12-23-13-16-10-9-15(19-16)8-4-5-11-20(22)17(18)21/h3,6-7,12,15-16,19,22H,1,5,9-11,13H2,2H3,(H2,18,21)/b12-6+,14-7-. The Balaban J connectivity index is 2.21. The number of ether oxygens (including phenoxy) is 1. The van der Waals surface area contributed by atoms with Crippen molar-refractivity contribution in [1.82, 2.24) is 10.4 Å². The molecule has 1 fully saturated rings. The summed E-state index contributed by atoms with van der Waals surface area (Å²) in [5.74, 6) is 6.02. The zero-order valence-electron chi connectivity index (χ0n) is 13.5. The molecule has 1 aliphatic rings. The van der Waals surface area contributed by atoms with Gasteiger partial charge < -0.3 is 10.5 Å². The summed E-state index contributed by atoms with van der Waals surface area (Å²) in [5.41, 5.74) is 5.98. The molecule has 1 aliphatic heterocycles. The third-order valence-electron chi connectivity index (χ3n) is 3.37. The Labute approximate surface area is 137 Å². The predicted octanol–water partition coefficient (Wildman–Crippen LogP) is 1.93. The van der Waals surface area contributed by atoms with E-state index >= 15 is 0 Å². The Morgan fingerprint density at radius 2 is 2.35 bits per heavy atom. The molecule has 23 heavy (non-hydrogen) atoms. The number of hydroxylamine groups is 2. The minimum atomic E-state index is -0.866. The topological polar surface area (TPSA) is 87.8 Å². The summed E-state index contributed by atoms with van der Waals surface area (Å²) >= 11 is 0. The van der Waals surface area contributed by atoms with Gasteiger partial charge in [-0.2, -0.15) is 0 Å². The van der Waals surface area contributed by atoms with Crippen LogP contribution in [-0.4, -0.2) is 41.5 Å². The fraction of sp³-hybridized carbons (Fsp3) is 0.471. The number of nitrogens with one attached hydrogen (secondary N) is 1. The van der Waals surface area contributed by atoms with E-state index in [1.807, 2.05) is 19.1 Å². The lowest BCUT2D eigenvalue weighted by Gasteiger charge is -2.10. The van der Waals surface area contributed by atoms with E-state index in [2.05, 4.69) is 23.7 Å². The van der Waals surface area contributed by atoms with Crippen LogP contribution in [0.5, 0.6) is 0 Å². The van der Waals surface area contributed by atoms with Crippen molar-refractivity contribution in [1.29, 1.82) is 0 Å². The average Bonchev–Trinajstić information content (AvgIpc) is 2.98. The lowest BCUT2D eigenvalue weighted by molar-refractivity contribution is -0.0373. The molecular formula is C17H25N3O3. The number of allylic oxidation sites excluding steroid dienone is 4. The number of primary amides is 1. The van der Waals surface area contributed by atoms with Gasteiger partial charge in [0.1, 0.15) is 6.61 Å². The largest absolute Gasteiger partial charge is 0.500 e. The molecule has 2 atom stereocenters. The molecular weight excluding hydrogens is 294 g/mol. The van der Waals surface area contributed by atoms with E-state index in [1.54, 1.807) is 12.3 Å². The third-order valence-corrected chi connectivity index (χ3v) is 3.37. The Morgan fingerprint density at radius 1 is 1.57 bits per heavy atom. The van der Waals surface area contributed by atoms with Crippen LogP contribution in [0.25, 0.3) is 0 Å². The average molecular weight is 319 g/mol. The Hall–Kier alpha value is -2.23. The molecule has 0 bridgehead atoms. The fourth-order valence-electron chi connectivity index (χ4n) is 2.02. The maximum absolute atomic E-state index is 10.6. The lowest BCUT2D eigenvalue weighted by atomic mass is 10.2. The molecule has 6 heteroatoms. The summed E-state index contributed by atoms with van der Waals surface area (Å²) in [6.45, 7) is 6.36. The van der Waals surface area contributed by atoms with Crippen molar-refractivity contribution in [2.45, 2.75) is 38.3 Å². The van der Waals surface area contributed by atoms with Crippen LogP contribution in [-0.2, 0) is 4.74 Å². The van der Waals surface area contributed by atoms with E-state index in [0.29, 0.717) is 18.1 Å². The fourth-order valence-corrected chi connectivity index (χ4v) is 2.02. The third kappa shape index (κ3) is 8.10. The van der Waals surface area contributed by atoms with Crippen molar-refractivity contribution in [2.24, 2.45) is 5.73 Å². The molecule has 0 aromatic carbocycles. The molecule has 2 amide bonds. The van der Waals surface area contributed by atoms with Crippen LogP contribution in [0.4, 0.5) is 4.79 Å². The number of nitrogens with zero attached hydrogens (tertiary/aromatic N) is 1. The predicted molar refractivity (Wildman–Crippen MR) is 89.5 cm³/mol. The highest BCUT2D eigenvalue weighted by Crippen LogP contribution is 2.12. The first-order chi connectivity index (χ1) is 11.0. The van der Waals surface area contributed by atoms with Crippen molar-refractivity contribution >= 4 is 6.03 Å². The Kier molecular flexibility index (Phi) is 8.58. The molecule has 0 aromatic heterocycles. The molecule has 0 saturated carbocycles. The van der Waals surface area contributed by atoms with E-state index in [1.165, 1.54) is 0 Å². The summed E-state index contributed by atoms with van der Waals surface area (Å²) < 4.78 is 5.48. The lowest BCUT2D eigenvalue weighted by Crippen LogP contribution is -2.33. The highest BCUT2D eigenvalue weighted by Gasteiger charge is 2.21. The normalized spacial score (nSPS) is 20.9. The molecule has 6 nitrogen and oxygen atoms in total. The van der Waals surface area contributed by atoms with Gasteiger partial charge in [0, 0.05) is 12.5 Å². The Bertz CT molecular complexity index is 517. The van der Waals surface area contributed by atoms with Crippen LogP contribution in [0.3, 0.4) is 0 Å². The van der Waals surface area contributed by atoms with Crippen LogP contribution in [0.15, 0.2) is 36.6 Å². The van der Waals surface area contributed by atoms with Gasteiger partial charge in [-0.15, -0.1) is 0 Å². The zero-order valence-corrected chi connectivity index (χ0v) is 13.5. The molecule has 4 N–H and O–H groups in total. The Morgan fingerprint density at radius 3 is 3.04 bits per heavy atom. The molecule has 1 heterocycles. The number of rotatable bonds is 7. The zero-order chi connectivity index (χ0) is 17.1. The van der Waals surface area contributed by atoms with Crippen molar-refractivity contribution in [3.05, 3.63) is 36.6 Å². The van der Waals surface area contributed by atoms with Gasteiger partial charge >= 0.3 is 6.03 Å². The van der Waals surface area contributed by atoms with E-state index < -0.39 is 6.03 Å². The number of hydrogen-bond acceptors (Lipinski definition) is 4. The molecule has 1 saturated heterocycles. The molecule has 1 rings (SSSR count). The van der Waals surface area contributed by atoms with Gasteiger partial charge in [0.05, 0.1) is 18.8 Å². The van der Waals surface area contributed by atoms with E-state index in [9.17, 15) is 4.79 Å². The van der Waals surface area contributed by atoms with Crippen LogP contribution >= 0.6 is 0 Å². The van der Waals surface area contributed by atoms with Crippen molar-refractivity contribution in [2.75, 3.05) is 13.2 Å². The quantitative estimate of drug-likeness (QED) is 0.220. The molecule has 0 aliphatic carbocycles. The SMILES string of the molecule is C=C/C(C)=C\C=C\OCC1CCC(C#CCCN(O)C(N)=O)N1. The second-order valence-electron chi connectivity index (χ2n) is 5.30. The number of carbonyl (C=O) groups excluding carboxylic acids is 1.